The van der Waals surface area contributed by atoms with Gasteiger partial charge in [0.25, 0.3) is 5.56 Å². The second kappa shape index (κ2) is 7.59. The minimum atomic E-state index is -1.75. The first kappa shape index (κ1) is 20.1. The van der Waals surface area contributed by atoms with E-state index in [1.54, 1.807) is 36.4 Å². The highest BCUT2D eigenvalue weighted by molar-refractivity contribution is 5.77. The first-order valence-corrected chi connectivity index (χ1v) is 9.06. The monoisotopic (exact) mass is 422 g/mol. The maximum absolute atomic E-state index is 15.0. The average molecular weight is 422 g/mol. The van der Waals surface area contributed by atoms with Crippen molar-refractivity contribution >= 4 is 5.97 Å². The Morgan fingerprint density at radius 2 is 1.97 bits per heavy atom. The molecular formula is C22H15FN2O6. The van der Waals surface area contributed by atoms with Gasteiger partial charge in [0.15, 0.2) is 12.2 Å². The molecule has 31 heavy (non-hydrogen) atoms. The quantitative estimate of drug-likeness (QED) is 0.663. The lowest BCUT2D eigenvalue weighted by Gasteiger charge is -2.13. The van der Waals surface area contributed by atoms with Crippen molar-refractivity contribution < 1.29 is 28.9 Å². The number of hydrogen-bond donors (Lipinski definition) is 2. The van der Waals surface area contributed by atoms with E-state index in [9.17, 15) is 29.5 Å². The van der Waals surface area contributed by atoms with Crippen molar-refractivity contribution in [3.8, 4) is 34.4 Å². The Kier molecular flexibility index (Phi) is 4.93. The lowest BCUT2D eigenvalue weighted by Crippen LogP contribution is -2.26. The molecule has 2 heterocycles. The number of halogens is 1. The molecule has 2 atom stereocenters. The van der Waals surface area contributed by atoms with Crippen LogP contribution in [0, 0.1) is 17.1 Å². The molecule has 2 aromatic carbocycles. The fraction of sp³-hybridized carbons (Fsp3) is 0.136. The Hall–Kier alpha value is -4.16. The predicted octanol–water partition coefficient (Wildman–Crippen LogP) is 3.08. The zero-order valence-electron chi connectivity index (χ0n) is 16.1. The van der Waals surface area contributed by atoms with E-state index in [2.05, 4.69) is 0 Å². The normalized spacial score (nSPS) is 17.1. The molecule has 0 bridgehead atoms. The summed E-state index contributed by atoms with van der Waals surface area (Å²) in [6, 6.07) is 12.8. The van der Waals surface area contributed by atoms with Crippen LogP contribution in [-0.4, -0.2) is 27.9 Å². The number of nitriles is 1. The molecular weight excluding hydrogens is 407 g/mol. The van der Waals surface area contributed by atoms with Crippen molar-refractivity contribution in [1.29, 1.82) is 5.26 Å². The van der Waals surface area contributed by atoms with E-state index in [1.165, 1.54) is 19.2 Å². The van der Waals surface area contributed by atoms with Gasteiger partial charge in [-0.25, -0.2) is 9.18 Å². The number of ether oxygens (including phenoxy) is 2. The van der Waals surface area contributed by atoms with Crippen LogP contribution in [0.4, 0.5) is 4.39 Å². The van der Waals surface area contributed by atoms with Crippen molar-refractivity contribution in [3.05, 3.63) is 76.0 Å². The highest BCUT2D eigenvalue weighted by Gasteiger charge is 2.42. The number of nitrogens with zero attached hydrogens (tertiary/aromatic N) is 2. The Balaban J connectivity index is 1.85. The maximum Gasteiger partial charge on any atom is 0.337 e. The molecule has 4 rings (SSSR count). The Labute approximate surface area is 174 Å². The van der Waals surface area contributed by atoms with Crippen LogP contribution in [0.15, 0.2) is 53.5 Å². The van der Waals surface area contributed by atoms with Gasteiger partial charge in [-0.05, 0) is 35.4 Å². The van der Waals surface area contributed by atoms with Gasteiger partial charge in [-0.2, -0.15) is 5.26 Å². The van der Waals surface area contributed by atoms with E-state index in [0.717, 1.165) is 10.8 Å². The lowest BCUT2D eigenvalue weighted by atomic mass is 10.0. The number of pyridine rings is 1. The molecule has 0 aliphatic carbocycles. The highest BCUT2D eigenvalue weighted by Crippen LogP contribution is 2.42. The molecule has 0 spiro atoms. The molecule has 1 aliphatic rings. The molecule has 0 fully saturated rings. The number of fused-ring (bicyclic) bond motifs is 1. The van der Waals surface area contributed by atoms with Crippen molar-refractivity contribution in [2.24, 2.45) is 0 Å². The van der Waals surface area contributed by atoms with Crippen molar-refractivity contribution in [3.63, 3.8) is 0 Å². The number of methoxy groups -OCH3 is 1. The largest absolute Gasteiger partial charge is 0.506 e. The summed E-state index contributed by atoms with van der Waals surface area (Å²) in [5.41, 5.74) is -0.509. The van der Waals surface area contributed by atoms with Crippen LogP contribution in [0.5, 0.6) is 11.5 Å². The Morgan fingerprint density at radius 1 is 1.23 bits per heavy atom. The summed E-state index contributed by atoms with van der Waals surface area (Å²) in [7, 11) is 1.51. The van der Waals surface area contributed by atoms with Crippen molar-refractivity contribution in [2.45, 2.75) is 12.2 Å². The van der Waals surface area contributed by atoms with Gasteiger partial charge in [0.2, 0.25) is 0 Å². The summed E-state index contributed by atoms with van der Waals surface area (Å²) in [5.74, 6) is -2.22. The van der Waals surface area contributed by atoms with Gasteiger partial charge < -0.3 is 19.7 Å². The summed E-state index contributed by atoms with van der Waals surface area (Å²) in [6.45, 7) is 0. The lowest BCUT2D eigenvalue weighted by molar-refractivity contribution is -0.151. The summed E-state index contributed by atoms with van der Waals surface area (Å²) < 4.78 is 26.1. The predicted molar refractivity (Wildman–Crippen MR) is 105 cm³/mol. The SMILES string of the molecule is COc1cccc(-c2ccc(-n3cc(O)c4c(c3=O)C(C(=O)O)OC4C#N)c(F)c2)c1. The van der Waals surface area contributed by atoms with Crippen LogP contribution in [-0.2, 0) is 9.53 Å². The van der Waals surface area contributed by atoms with Gasteiger partial charge in [-0.1, -0.05) is 18.2 Å². The smallest absolute Gasteiger partial charge is 0.337 e. The Bertz CT molecular complexity index is 1310. The molecule has 2 unspecified atom stereocenters. The number of aromatic hydroxyl groups is 1. The van der Waals surface area contributed by atoms with Gasteiger partial charge in [-0.3, -0.25) is 9.36 Å². The fourth-order valence-electron chi connectivity index (χ4n) is 3.57. The number of aliphatic carboxylic acids is 1. The third kappa shape index (κ3) is 3.29. The fourth-order valence-corrected chi connectivity index (χ4v) is 3.57. The third-order valence-electron chi connectivity index (χ3n) is 5.02. The summed E-state index contributed by atoms with van der Waals surface area (Å²) in [6.07, 6.45) is -2.22. The highest BCUT2D eigenvalue weighted by atomic mass is 19.1. The molecule has 1 aromatic heterocycles. The van der Waals surface area contributed by atoms with Crippen LogP contribution in [0.2, 0.25) is 0 Å². The first-order valence-electron chi connectivity index (χ1n) is 9.06. The van der Waals surface area contributed by atoms with Crippen LogP contribution in [0.1, 0.15) is 23.3 Å². The molecule has 0 saturated carbocycles. The van der Waals surface area contributed by atoms with Gasteiger partial charge in [0.1, 0.15) is 17.3 Å². The first-order chi connectivity index (χ1) is 14.8. The second-order valence-electron chi connectivity index (χ2n) is 6.78. The third-order valence-corrected chi connectivity index (χ3v) is 5.02. The molecule has 156 valence electrons. The number of carboxylic acid groups (broad SMARTS) is 1. The van der Waals surface area contributed by atoms with Crippen LogP contribution < -0.4 is 10.3 Å². The topological polar surface area (TPSA) is 122 Å². The van der Waals surface area contributed by atoms with E-state index < -0.39 is 40.9 Å². The molecule has 0 radical (unpaired) electrons. The molecule has 0 saturated heterocycles. The number of benzene rings is 2. The maximum atomic E-state index is 15.0. The van der Waals surface area contributed by atoms with Crippen molar-refractivity contribution in [2.75, 3.05) is 7.11 Å². The van der Waals surface area contributed by atoms with E-state index in [1.807, 2.05) is 0 Å². The summed E-state index contributed by atoms with van der Waals surface area (Å²) >= 11 is 0. The van der Waals surface area contributed by atoms with E-state index >= 15 is 0 Å². The standard InChI is InChI=1S/C22H15FN2O6/c1-30-13-4-2-3-11(7-13)12-5-6-15(14(23)8-12)25-10-16(26)18-17(9-24)31-20(22(28)29)19(18)21(25)27/h2-8,10,17,20,26H,1H3,(H,28,29). The van der Waals surface area contributed by atoms with Gasteiger partial charge in [-0.15, -0.1) is 0 Å². The van der Waals surface area contributed by atoms with Crippen LogP contribution in [0.25, 0.3) is 16.8 Å². The molecule has 3 aromatic rings. The number of carboxylic acids is 1. The zero-order chi connectivity index (χ0) is 22.3. The van der Waals surface area contributed by atoms with E-state index in [4.69, 9.17) is 9.47 Å². The second-order valence-corrected chi connectivity index (χ2v) is 6.78. The zero-order valence-corrected chi connectivity index (χ0v) is 16.1. The van der Waals surface area contributed by atoms with Gasteiger partial charge in [0, 0.05) is 0 Å². The van der Waals surface area contributed by atoms with Crippen LogP contribution >= 0.6 is 0 Å². The molecule has 2 N–H and O–H groups in total. The van der Waals surface area contributed by atoms with E-state index in [0.29, 0.717) is 16.9 Å². The summed E-state index contributed by atoms with van der Waals surface area (Å²) in [5, 5.41) is 28.9. The molecule has 0 amide bonds. The number of hydrogen-bond acceptors (Lipinski definition) is 6. The molecule has 9 heteroatoms. The minimum absolute atomic E-state index is 0.195. The minimum Gasteiger partial charge on any atom is -0.506 e. The number of rotatable bonds is 4. The molecule has 1 aliphatic heterocycles. The van der Waals surface area contributed by atoms with Crippen LogP contribution in [0.3, 0.4) is 0 Å². The molecule has 8 nitrogen and oxygen atoms in total. The average Bonchev–Trinajstić information content (AvgIpc) is 3.17. The van der Waals surface area contributed by atoms with Crippen molar-refractivity contribution in [1.82, 2.24) is 4.57 Å². The van der Waals surface area contributed by atoms with Gasteiger partial charge >= 0.3 is 5.97 Å². The van der Waals surface area contributed by atoms with E-state index in [-0.39, 0.29) is 11.3 Å². The number of aromatic nitrogens is 1. The van der Waals surface area contributed by atoms with Gasteiger partial charge in [0.05, 0.1) is 36.2 Å². The Morgan fingerprint density at radius 3 is 2.61 bits per heavy atom. The number of carbonyl (C=O) groups is 1. The summed E-state index contributed by atoms with van der Waals surface area (Å²) in [4.78, 5) is 24.5.